The van der Waals surface area contributed by atoms with Crippen LogP contribution < -0.4 is 0 Å². The Morgan fingerprint density at radius 2 is 1.67 bits per heavy atom. The molecule has 0 spiro atoms. The second kappa shape index (κ2) is 5.29. The van der Waals surface area contributed by atoms with Crippen LogP contribution in [0.2, 0.25) is 0 Å². The van der Waals surface area contributed by atoms with Crippen molar-refractivity contribution in [3.05, 3.63) is 0 Å². The summed E-state index contributed by atoms with van der Waals surface area (Å²) in [6, 6.07) is 1.19. The van der Waals surface area contributed by atoms with E-state index in [1.807, 2.05) is 0 Å². The summed E-state index contributed by atoms with van der Waals surface area (Å²) < 4.78 is 13.3. The SMILES string of the molecule is CC(C)C1CCC(C(C)F)CN1C(C)C. The minimum absolute atomic E-state index is 0.252. The van der Waals surface area contributed by atoms with E-state index in [1.54, 1.807) is 6.92 Å². The maximum atomic E-state index is 13.3. The van der Waals surface area contributed by atoms with Gasteiger partial charge in [0.2, 0.25) is 0 Å². The fraction of sp³-hybridized carbons (Fsp3) is 1.00. The number of piperidine rings is 1. The number of halogens is 1. The van der Waals surface area contributed by atoms with Gasteiger partial charge in [-0.2, -0.15) is 0 Å². The van der Waals surface area contributed by atoms with Gasteiger partial charge in [-0.1, -0.05) is 13.8 Å². The van der Waals surface area contributed by atoms with Crippen molar-refractivity contribution in [3.8, 4) is 0 Å². The average molecular weight is 215 g/mol. The highest BCUT2D eigenvalue weighted by Gasteiger charge is 2.33. The van der Waals surface area contributed by atoms with Gasteiger partial charge in [-0.15, -0.1) is 0 Å². The lowest BCUT2D eigenvalue weighted by Gasteiger charge is -2.44. The molecule has 1 rings (SSSR count). The Kier molecular flexibility index (Phi) is 4.57. The first kappa shape index (κ1) is 13.0. The Balaban J connectivity index is 2.65. The normalized spacial score (nSPS) is 31.2. The van der Waals surface area contributed by atoms with Crippen LogP contribution in [0.15, 0.2) is 0 Å². The average Bonchev–Trinajstić information content (AvgIpc) is 2.16. The molecule has 0 aromatic heterocycles. The number of rotatable bonds is 3. The van der Waals surface area contributed by atoms with Crippen molar-refractivity contribution < 1.29 is 4.39 Å². The predicted octanol–water partition coefficient (Wildman–Crippen LogP) is 3.49. The van der Waals surface area contributed by atoms with Crippen LogP contribution in [0.25, 0.3) is 0 Å². The Morgan fingerprint density at radius 1 is 1.07 bits per heavy atom. The largest absolute Gasteiger partial charge is 0.297 e. The molecule has 90 valence electrons. The van der Waals surface area contributed by atoms with Gasteiger partial charge in [0.25, 0.3) is 0 Å². The Hall–Kier alpha value is -0.110. The highest BCUT2D eigenvalue weighted by molar-refractivity contribution is 4.86. The van der Waals surface area contributed by atoms with Crippen LogP contribution in [-0.4, -0.2) is 29.7 Å². The second-order valence-electron chi connectivity index (χ2n) is 5.62. The van der Waals surface area contributed by atoms with E-state index in [0.29, 0.717) is 18.0 Å². The quantitative estimate of drug-likeness (QED) is 0.696. The third-order valence-corrected chi connectivity index (χ3v) is 3.79. The molecular formula is C13H26FN. The number of hydrogen-bond acceptors (Lipinski definition) is 1. The van der Waals surface area contributed by atoms with Crippen molar-refractivity contribution in [2.75, 3.05) is 6.54 Å². The molecule has 1 saturated heterocycles. The summed E-state index contributed by atoms with van der Waals surface area (Å²) in [6.45, 7) is 11.6. The Morgan fingerprint density at radius 3 is 2.07 bits per heavy atom. The molecule has 0 bridgehead atoms. The van der Waals surface area contributed by atoms with Crippen molar-refractivity contribution in [1.82, 2.24) is 4.90 Å². The van der Waals surface area contributed by atoms with Crippen molar-refractivity contribution in [2.45, 2.75) is 65.7 Å². The molecule has 0 aliphatic carbocycles. The van der Waals surface area contributed by atoms with Gasteiger partial charge in [-0.25, -0.2) is 4.39 Å². The molecule has 3 unspecified atom stereocenters. The molecule has 3 atom stereocenters. The van der Waals surface area contributed by atoms with E-state index < -0.39 is 6.17 Å². The van der Waals surface area contributed by atoms with Crippen molar-refractivity contribution in [3.63, 3.8) is 0 Å². The monoisotopic (exact) mass is 215 g/mol. The van der Waals surface area contributed by atoms with Gasteiger partial charge in [0.1, 0.15) is 6.17 Å². The lowest BCUT2D eigenvalue weighted by molar-refractivity contribution is 0.0268. The zero-order valence-electron chi connectivity index (χ0n) is 10.8. The minimum Gasteiger partial charge on any atom is -0.297 e. The zero-order valence-corrected chi connectivity index (χ0v) is 10.8. The van der Waals surface area contributed by atoms with E-state index in [0.717, 1.165) is 19.4 Å². The lowest BCUT2D eigenvalue weighted by atomic mass is 9.84. The van der Waals surface area contributed by atoms with E-state index >= 15 is 0 Å². The molecule has 15 heavy (non-hydrogen) atoms. The Labute approximate surface area is 94.0 Å². The summed E-state index contributed by atoms with van der Waals surface area (Å²) in [7, 11) is 0. The van der Waals surface area contributed by atoms with E-state index in [2.05, 4.69) is 32.6 Å². The van der Waals surface area contributed by atoms with Crippen LogP contribution in [0.1, 0.15) is 47.5 Å². The maximum absolute atomic E-state index is 13.3. The van der Waals surface area contributed by atoms with Gasteiger partial charge >= 0.3 is 0 Å². The Bertz CT molecular complexity index is 189. The second-order valence-corrected chi connectivity index (χ2v) is 5.62. The molecule has 1 nitrogen and oxygen atoms in total. The van der Waals surface area contributed by atoms with E-state index in [9.17, 15) is 4.39 Å². The summed E-state index contributed by atoms with van der Waals surface area (Å²) in [5, 5.41) is 0. The fourth-order valence-corrected chi connectivity index (χ4v) is 2.73. The molecule has 0 aromatic rings. The van der Waals surface area contributed by atoms with Crippen LogP contribution in [0.3, 0.4) is 0 Å². The van der Waals surface area contributed by atoms with Crippen LogP contribution >= 0.6 is 0 Å². The molecular weight excluding hydrogens is 189 g/mol. The highest BCUT2D eigenvalue weighted by atomic mass is 19.1. The third kappa shape index (κ3) is 3.17. The molecule has 0 saturated carbocycles. The molecule has 1 fully saturated rings. The number of alkyl halides is 1. The van der Waals surface area contributed by atoms with Crippen LogP contribution in [0.5, 0.6) is 0 Å². The number of likely N-dealkylation sites (tertiary alicyclic amines) is 1. The van der Waals surface area contributed by atoms with E-state index in [1.165, 1.54) is 0 Å². The van der Waals surface area contributed by atoms with Crippen LogP contribution in [0, 0.1) is 11.8 Å². The smallest absolute Gasteiger partial charge is 0.101 e. The fourth-order valence-electron chi connectivity index (χ4n) is 2.73. The summed E-state index contributed by atoms with van der Waals surface area (Å²) in [4.78, 5) is 2.49. The van der Waals surface area contributed by atoms with Crippen molar-refractivity contribution >= 4 is 0 Å². The lowest BCUT2D eigenvalue weighted by Crippen LogP contribution is -2.50. The van der Waals surface area contributed by atoms with E-state index in [4.69, 9.17) is 0 Å². The molecule has 1 aliphatic heterocycles. The molecule has 2 heteroatoms. The van der Waals surface area contributed by atoms with Gasteiger partial charge in [0, 0.05) is 24.5 Å². The van der Waals surface area contributed by atoms with Crippen molar-refractivity contribution in [2.24, 2.45) is 11.8 Å². The number of hydrogen-bond donors (Lipinski definition) is 0. The molecule has 0 N–H and O–H groups in total. The number of nitrogens with zero attached hydrogens (tertiary/aromatic N) is 1. The topological polar surface area (TPSA) is 3.24 Å². The van der Waals surface area contributed by atoms with Gasteiger partial charge < -0.3 is 0 Å². The summed E-state index contributed by atoms with van der Waals surface area (Å²) >= 11 is 0. The van der Waals surface area contributed by atoms with Gasteiger partial charge in [0.05, 0.1) is 0 Å². The van der Waals surface area contributed by atoms with Crippen molar-refractivity contribution in [1.29, 1.82) is 0 Å². The molecule has 1 heterocycles. The highest BCUT2D eigenvalue weighted by Crippen LogP contribution is 2.30. The van der Waals surface area contributed by atoms with Gasteiger partial charge in [-0.3, -0.25) is 4.90 Å². The summed E-state index contributed by atoms with van der Waals surface area (Å²) in [5.41, 5.74) is 0. The van der Waals surface area contributed by atoms with E-state index in [-0.39, 0.29) is 5.92 Å². The molecule has 0 aromatic carbocycles. The van der Waals surface area contributed by atoms with Crippen LogP contribution in [0.4, 0.5) is 4.39 Å². The molecule has 0 radical (unpaired) electrons. The first-order chi connectivity index (χ1) is 6.93. The zero-order chi connectivity index (χ0) is 11.6. The summed E-state index contributed by atoms with van der Waals surface area (Å²) in [6.07, 6.45) is 1.57. The first-order valence-corrected chi connectivity index (χ1v) is 6.33. The third-order valence-electron chi connectivity index (χ3n) is 3.79. The predicted molar refractivity (Wildman–Crippen MR) is 63.8 cm³/mol. The minimum atomic E-state index is -0.653. The molecule has 0 amide bonds. The van der Waals surface area contributed by atoms with Gasteiger partial charge in [0.15, 0.2) is 0 Å². The van der Waals surface area contributed by atoms with Gasteiger partial charge in [-0.05, 0) is 39.5 Å². The van der Waals surface area contributed by atoms with Crippen LogP contribution in [-0.2, 0) is 0 Å². The standard InChI is InChI=1S/C13H26FN/c1-9(2)13-7-6-12(11(5)14)8-15(13)10(3)4/h9-13H,6-8H2,1-5H3. The molecule has 1 aliphatic rings. The first-order valence-electron chi connectivity index (χ1n) is 6.33. The summed E-state index contributed by atoms with van der Waals surface area (Å²) in [5.74, 6) is 0.936. The maximum Gasteiger partial charge on any atom is 0.101 e.